The van der Waals surface area contributed by atoms with Crippen LogP contribution in [0.1, 0.15) is 52.8 Å². The van der Waals surface area contributed by atoms with E-state index in [0.717, 1.165) is 38.8 Å². The first kappa shape index (κ1) is 17.5. The van der Waals surface area contributed by atoms with Crippen molar-refractivity contribution in [2.24, 2.45) is 11.7 Å². The quantitative estimate of drug-likeness (QED) is 0.902. The Labute approximate surface area is 148 Å². The van der Waals surface area contributed by atoms with E-state index in [1.54, 1.807) is 24.3 Å². The second kappa shape index (κ2) is 7.68. The summed E-state index contributed by atoms with van der Waals surface area (Å²) < 4.78 is 0. The molecule has 1 aromatic rings. The number of primary amides is 1. The van der Waals surface area contributed by atoms with Crippen LogP contribution in [0.25, 0.3) is 0 Å². The average Bonchev–Trinajstić information content (AvgIpc) is 2.64. The third kappa shape index (κ3) is 4.18. The van der Waals surface area contributed by atoms with Gasteiger partial charge in [0.2, 0.25) is 11.8 Å². The predicted molar refractivity (Wildman–Crippen MR) is 94.0 cm³/mol. The first-order chi connectivity index (χ1) is 12.0. The van der Waals surface area contributed by atoms with Gasteiger partial charge in [0.25, 0.3) is 5.91 Å². The maximum absolute atomic E-state index is 12.6. The zero-order valence-electron chi connectivity index (χ0n) is 14.4. The SMILES string of the molecule is NC(=O)c1cccc(C(=O)N2CCC(CN3CCCCC3=O)CC2)c1. The van der Waals surface area contributed by atoms with Crippen LogP contribution in [0.2, 0.25) is 0 Å². The standard InChI is InChI=1S/C19H25N3O3/c20-18(24)15-4-3-5-16(12-15)19(25)21-10-7-14(8-11-21)13-22-9-2-1-6-17(22)23/h3-5,12,14H,1-2,6-11,13H2,(H2,20,24). The van der Waals surface area contributed by atoms with Crippen LogP contribution in [0, 0.1) is 5.92 Å². The molecule has 0 bridgehead atoms. The maximum atomic E-state index is 12.6. The molecule has 2 saturated heterocycles. The Bertz CT molecular complexity index is 666. The minimum Gasteiger partial charge on any atom is -0.366 e. The van der Waals surface area contributed by atoms with E-state index >= 15 is 0 Å². The minimum absolute atomic E-state index is 0.0596. The second-order valence-corrected chi connectivity index (χ2v) is 6.98. The fourth-order valence-corrected chi connectivity index (χ4v) is 3.67. The van der Waals surface area contributed by atoms with Gasteiger partial charge in [-0.25, -0.2) is 0 Å². The number of carbonyl (C=O) groups is 3. The molecular formula is C19H25N3O3. The van der Waals surface area contributed by atoms with Gasteiger partial charge < -0.3 is 15.5 Å². The van der Waals surface area contributed by atoms with Crippen LogP contribution in [0.3, 0.4) is 0 Å². The molecule has 6 heteroatoms. The second-order valence-electron chi connectivity index (χ2n) is 6.98. The highest BCUT2D eigenvalue weighted by atomic mass is 16.2. The summed E-state index contributed by atoms with van der Waals surface area (Å²) in [7, 11) is 0. The van der Waals surface area contributed by atoms with E-state index in [1.807, 2.05) is 9.80 Å². The zero-order chi connectivity index (χ0) is 17.8. The highest BCUT2D eigenvalue weighted by Gasteiger charge is 2.27. The van der Waals surface area contributed by atoms with Gasteiger partial charge in [0.15, 0.2) is 0 Å². The number of likely N-dealkylation sites (tertiary alicyclic amines) is 2. The minimum atomic E-state index is -0.528. The molecule has 0 aromatic heterocycles. The van der Waals surface area contributed by atoms with Crippen LogP contribution in [-0.2, 0) is 4.79 Å². The number of nitrogens with two attached hydrogens (primary N) is 1. The molecule has 6 nitrogen and oxygen atoms in total. The molecule has 2 heterocycles. The largest absolute Gasteiger partial charge is 0.366 e. The topological polar surface area (TPSA) is 83.7 Å². The summed E-state index contributed by atoms with van der Waals surface area (Å²) in [6.45, 7) is 3.06. The highest BCUT2D eigenvalue weighted by Crippen LogP contribution is 2.22. The number of piperidine rings is 2. The molecule has 2 aliphatic rings. The lowest BCUT2D eigenvalue weighted by atomic mass is 9.94. The lowest BCUT2D eigenvalue weighted by molar-refractivity contribution is -0.134. The number of benzene rings is 1. The number of carbonyl (C=O) groups excluding carboxylic acids is 3. The van der Waals surface area contributed by atoms with E-state index in [2.05, 4.69) is 0 Å². The molecule has 25 heavy (non-hydrogen) atoms. The number of hydrogen-bond donors (Lipinski definition) is 1. The summed E-state index contributed by atoms with van der Waals surface area (Å²) in [5, 5.41) is 0. The van der Waals surface area contributed by atoms with Crippen molar-refractivity contribution >= 4 is 17.7 Å². The van der Waals surface area contributed by atoms with Gasteiger partial charge in [-0.05, 0) is 49.8 Å². The number of hydrogen-bond acceptors (Lipinski definition) is 3. The molecule has 3 amide bonds. The Kier molecular flexibility index (Phi) is 5.36. The average molecular weight is 343 g/mol. The molecule has 2 fully saturated rings. The van der Waals surface area contributed by atoms with Crippen LogP contribution < -0.4 is 5.73 Å². The summed E-state index contributed by atoms with van der Waals surface area (Å²) in [5.41, 5.74) is 6.14. The Morgan fingerprint density at radius 3 is 2.48 bits per heavy atom. The van der Waals surface area contributed by atoms with E-state index in [1.165, 1.54) is 0 Å². The Morgan fingerprint density at radius 1 is 1.08 bits per heavy atom. The Hall–Kier alpha value is -2.37. The summed E-state index contributed by atoms with van der Waals surface area (Å²) in [5.74, 6) is 0.145. The third-order valence-electron chi connectivity index (χ3n) is 5.20. The molecule has 1 aromatic carbocycles. The van der Waals surface area contributed by atoms with Gasteiger partial charge in [0.1, 0.15) is 0 Å². The van der Waals surface area contributed by atoms with E-state index < -0.39 is 5.91 Å². The van der Waals surface area contributed by atoms with Crippen molar-refractivity contribution in [3.8, 4) is 0 Å². The van der Waals surface area contributed by atoms with Gasteiger partial charge in [-0.15, -0.1) is 0 Å². The van der Waals surface area contributed by atoms with Crippen molar-refractivity contribution in [3.63, 3.8) is 0 Å². The summed E-state index contributed by atoms with van der Waals surface area (Å²) >= 11 is 0. The highest BCUT2D eigenvalue weighted by molar-refractivity contribution is 5.99. The Balaban J connectivity index is 1.55. The van der Waals surface area contributed by atoms with Crippen LogP contribution in [-0.4, -0.2) is 53.7 Å². The van der Waals surface area contributed by atoms with Crippen molar-refractivity contribution in [2.75, 3.05) is 26.2 Å². The van der Waals surface area contributed by atoms with Crippen LogP contribution in [0.5, 0.6) is 0 Å². The first-order valence-corrected chi connectivity index (χ1v) is 9.01. The zero-order valence-corrected chi connectivity index (χ0v) is 14.4. The first-order valence-electron chi connectivity index (χ1n) is 9.01. The van der Waals surface area contributed by atoms with E-state index in [0.29, 0.717) is 36.6 Å². The van der Waals surface area contributed by atoms with Crippen molar-refractivity contribution in [1.29, 1.82) is 0 Å². The Morgan fingerprint density at radius 2 is 1.80 bits per heavy atom. The van der Waals surface area contributed by atoms with Crippen LogP contribution in [0.15, 0.2) is 24.3 Å². The third-order valence-corrected chi connectivity index (χ3v) is 5.20. The van der Waals surface area contributed by atoms with Crippen LogP contribution >= 0.6 is 0 Å². The molecule has 0 radical (unpaired) electrons. The predicted octanol–water partition coefficient (Wildman–Crippen LogP) is 1.65. The molecule has 0 atom stereocenters. The van der Waals surface area contributed by atoms with Gasteiger partial charge in [-0.3, -0.25) is 14.4 Å². The smallest absolute Gasteiger partial charge is 0.253 e. The van der Waals surface area contributed by atoms with Crippen molar-refractivity contribution < 1.29 is 14.4 Å². The molecule has 0 saturated carbocycles. The fraction of sp³-hybridized carbons (Fsp3) is 0.526. The van der Waals surface area contributed by atoms with Gasteiger partial charge in [0.05, 0.1) is 0 Å². The normalized spacial score (nSPS) is 19.1. The summed E-state index contributed by atoms with van der Waals surface area (Å²) in [4.78, 5) is 39.7. The fourth-order valence-electron chi connectivity index (χ4n) is 3.67. The van der Waals surface area contributed by atoms with E-state index in [4.69, 9.17) is 5.73 Å². The maximum Gasteiger partial charge on any atom is 0.253 e. The number of amides is 3. The van der Waals surface area contributed by atoms with Gasteiger partial charge in [-0.1, -0.05) is 6.07 Å². The van der Waals surface area contributed by atoms with Crippen molar-refractivity contribution in [1.82, 2.24) is 9.80 Å². The van der Waals surface area contributed by atoms with Crippen LogP contribution in [0.4, 0.5) is 0 Å². The van der Waals surface area contributed by atoms with Gasteiger partial charge in [-0.2, -0.15) is 0 Å². The summed E-state index contributed by atoms with van der Waals surface area (Å²) in [6.07, 6.45) is 4.59. The van der Waals surface area contributed by atoms with E-state index in [-0.39, 0.29) is 11.8 Å². The number of rotatable bonds is 4. The molecule has 2 aliphatic heterocycles. The molecule has 0 aliphatic carbocycles. The molecule has 2 N–H and O–H groups in total. The van der Waals surface area contributed by atoms with Crippen molar-refractivity contribution in [3.05, 3.63) is 35.4 Å². The molecule has 0 unspecified atom stereocenters. The van der Waals surface area contributed by atoms with Crippen molar-refractivity contribution in [2.45, 2.75) is 32.1 Å². The molecule has 3 rings (SSSR count). The summed E-state index contributed by atoms with van der Waals surface area (Å²) in [6, 6.07) is 6.57. The van der Waals surface area contributed by atoms with Gasteiger partial charge >= 0.3 is 0 Å². The monoisotopic (exact) mass is 343 g/mol. The lowest BCUT2D eigenvalue weighted by Gasteiger charge is -2.36. The molecule has 134 valence electrons. The van der Waals surface area contributed by atoms with E-state index in [9.17, 15) is 14.4 Å². The molecule has 0 spiro atoms. The lowest BCUT2D eigenvalue weighted by Crippen LogP contribution is -2.44. The molecular weight excluding hydrogens is 318 g/mol. The number of nitrogens with zero attached hydrogens (tertiary/aromatic N) is 2. The van der Waals surface area contributed by atoms with Gasteiger partial charge in [0, 0.05) is 43.7 Å².